The summed E-state index contributed by atoms with van der Waals surface area (Å²) in [4.78, 5) is 17.0. The molecule has 1 atom stereocenters. The van der Waals surface area contributed by atoms with Gasteiger partial charge in [-0.3, -0.25) is 9.69 Å². The van der Waals surface area contributed by atoms with Gasteiger partial charge < -0.3 is 15.0 Å². The highest BCUT2D eigenvalue weighted by atomic mass is 16.5. The van der Waals surface area contributed by atoms with Crippen LogP contribution in [0.1, 0.15) is 31.2 Å². The number of likely N-dealkylation sites (tertiary alicyclic amines) is 1. The van der Waals surface area contributed by atoms with Crippen LogP contribution in [0.15, 0.2) is 24.3 Å². The van der Waals surface area contributed by atoms with Crippen molar-refractivity contribution in [3.63, 3.8) is 0 Å². The maximum Gasteiger partial charge on any atom is 0.236 e. The van der Waals surface area contributed by atoms with E-state index in [1.807, 2.05) is 17.0 Å². The second-order valence-electron chi connectivity index (χ2n) is 7.87. The molecule has 0 saturated carbocycles. The molecule has 2 aliphatic heterocycles. The van der Waals surface area contributed by atoms with Gasteiger partial charge in [-0.25, -0.2) is 0 Å². The van der Waals surface area contributed by atoms with Crippen molar-refractivity contribution in [1.82, 2.24) is 15.1 Å². The van der Waals surface area contributed by atoms with Crippen LogP contribution in [0.5, 0.6) is 5.75 Å². The number of likely N-dealkylation sites (N-methyl/N-ethyl adjacent to an activating group) is 1. The summed E-state index contributed by atoms with van der Waals surface area (Å²) in [7, 11) is 2.09. The van der Waals surface area contributed by atoms with Gasteiger partial charge >= 0.3 is 0 Å². The van der Waals surface area contributed by atoms with Crippen LogP contribution in [0.4, 0.5) is 0 Å². The van der Waals surface area contributed by atoms with Crippen molar-refractivity contribution in [2.75, 3.05) is 46.4 Å². The zero-order chi connectivity index (χ0) is 18.4. The van der Waals surface area contributed by atoms with E-state index in [1.54, 1.807) is 0 Å². The lowest BCUT2D eigenvalue weighted by Gasteiger charge is -2.36. The Morgan fingerprint density at radius 3 is 2.88 bits per heavy atom. The third-order valence-corrected chi connectivity index (χ3v) is 5.66. The Bertz CT molecular complexity index is 586. The minimum Gasteiger partial charge on any atom is -0.493 e. The summed E-state index contributed by atoms with van der Waals surface area (Å²) in [6.45, 7) is 7.14. The SMILES string of the molecule is Cc1cccc(OC[C@@H]2CCCN(C(=O)CN(C)C3CCNCC3)C2)c1. The second-order valence-corrected chi connectivity index (χ2v) is 7.87. The Morgan fingerprint density at radius 2 is 2.12 bits per heavy atom. The average molecular weight is 360 g/mol. The summed E-state index contributed by atoms with van der Waals surface area (Å²) in [5.41, 5.74) is 1.21. The molecule has 1 amide bonds. The highest BCUT2D eigenvalue weighted by Gasteiger charge is 2.26. The van der Waals surface area contributed by atoms with Crippen molar-refractivity contribution in [1.29, 1.82) is 0 Å². The molecule has 0 bridgehead atoms. The fourth-order valence-electron chi connectivity index (χ4n) is 4.04. The number of carbonyl (C=O) groups is 1. The number of aryl methyl sites for hydroxylation is 1. The predicted octanol–water partition coefficient (Wildman–Crippen LogP) is 2.30. The number of ether oxygens (including phenoxy) is 1. The molecule has 2 saturated heterocycles. The molecule has 0 radical (unpaired) electrons. The Labute approximate surface area is 157 Å². The van der Waals surface area contributed by atoms with Gasteiger partial charge in [0.05, 0.1) is 13.2 Å². The Kier molecular flexibility index (Phi) is 6.92. The molecule has 26 heavy (non-hydrogen) atoms. The van der Waals surface area contributed by atoms with E-state index in [-0.39, 0.29) is 5.91 Å². The maximum atomic E-state index is 12.7. The van der Waals surface area contributed by atoms with Crippen molar-refractivity contribution in [3.05, 3.63) is 29.8 Å². The molecular weight excluding hydrogens is 326 g/mol. The summed E-state index contributed by atoms with van der Waals surface area (Å²) in [6.07, 6.45) is 4.48. The second kappa shape index (κ2) is 9.38. The molecule has 144 valence electrons. The molecule has 1 N–H and O–H groups in total. The van der Waals surface area contributed by atoms with E-state index in [0.29, 0.717) is 25.1 Å². The van der Waals surface area contributed by atoms with Crippen molar-refractivity contribution < 1.29 is 9.53 Å². The van der Waals surface area contributed by atoms with Gasteiger partial charge in [0, 0.05) is 25.0 Å². The molecule has 1 aromatic rings. The first-order valence-corrected chi connectivity index (χ1v) is 10.00. The van der Waals surface area contributed by atoms with E-state index in [4.69, 9.17) is 4.74 Å². The Balaban J connectivity index is 1.45. The van der Waals surface area contributed by atoms with E-state index >= 15 is 0 Å². The van der Waals surface area contributed by atoms with Crippen LogP contribution in [0, 0.1) is 12.8 Å². The standard InChI is InChI=1S/C21H33N3O2/c1-17-5-3-7-20(13-17)26-16-18-6-4-12-24(14-18)21(25)15-23(2)19-8-10-22-11-9-19/h3,5,7,13,18-19,22H,4,6,8-12,14-16H2,1-2H3/t18-/m1/s1. The molecule has 1 aromatic carbocycles. The van der Waals surface area contributed by atoms with E-state index < -0.39 is 0 Å². The predicted molar refractivity (Wildman–Crippen MR) is 104 cm³/mol. The number of benzene rings is 1. The lowest BCUT2D eigenvalue weighted by molar-refractivity contribution is -0.134. The zero-order valence-corrected chi connectivity index (χ0v) is 16.2. The largest absolute Gasteiger partial charge is 0.493 e. The topological polar surface area (TPSA) is 44.8 Å². The number of nitrogens with zero attached hydrogens (tertiary/aromatic N) is 2. The summed E-state index contributed by atoms with van der Waals surface area (Å²) < 4.78 is 5.98. The molecule has 2 fully saturated rings. The highest BCUT2D eigenvalue weighted by molar-refractivity contribution is 5.78. The van der Waals surface area contributed by atoms with Gasteiger partial charge in [0.15, 0.2) is 0 Å². The Hall–Kier alpha value is -1.59. The van der Waals surface area contributed by atoms with Crippen molar-refractivity contribution in [2.24, 2.45) is 5.92 Å². The zero-order valence-electron chi connectivity index (χ0n) is 16.2. The highest BCUT2D eigenvalue weighted by Crippen LogP contribution is 2.20. The molecule has 2 aliphatic rings. The fraction of sp³-hybridized carbons (Fsp3) is 0.667. The van der Waals surface area contributed by atoms with Gasteiger partial charge in [0.1, 0.15) is 5.75 Å². The first-order valence-electron chi connectivity index (χ1n) is 10.00. The van der Waals surface area contributed by atoms with E-state index in [9.17, 15) is 4.79 Å². The number of carbonyl (C=O) groups excluding carboxylic acids is 1. The minimum atomic E-state index is 0.270. The fourth-order valence-corrected chi connectivity index (χ4v) is 4.04. The molecule has 0 aromatic heterocycles. The number of piperidine rings is 2. The molecule has 0 unspecified atom stereocenters. The number of amides is 1. The summed E-state index contributed by atoms with van der Waals surface area (Å²) in [5, 5.41) is 3.39. The van der Waals surface area contributed by atoms with E-state index in [0.717, 1.165) is 57.6 Å². The smallest absolute Gasteiger partial charge is 0.236 e. The van der Waals surface area contributed by atoms with Gasteiger partial charge in [0.25, 0.3) is 0 Å². The van der Waals surface area contributed by atoms with Crippen LogP contribution < -0.4 is 10.1 Å². The van der Waals surface area contributed by atoms with Crippen LogP contribution >= 0.6 is 0 Å². The number of nitrogens with one attached hydrogen (secondary N) is 1. The summed E-state index contributed by atoms with van der Waals surface area (Å²) in [6, 6.07) is 8.71. The van der Waals surface area contributed by atoms with E-state index in [2.05, 4.69) is 36.3 Å². The third-order valence-electron chi connectivity index (χ3n) is 5.66. The van der Waals surface area contributed by atoms with Gasteiger partial charge in [-0.2, -0.15) is 0 Å². The van der Waals surface area contributed by atoms with Gasteiger partial charge in [-0.15, -0.1) is 0 Å². The molecule has 0 aliphatic carbocycles. The summed E-state index contributed by atoms with van der Waals surface area (Å²) in [5.74, 6) is 1.63. The first-order chi connectivity index (χ1) is 12.6. The van der Waals surface area contributed by atoms with Gasteiger partial charge in [0.2, 0.25) is 5.91 Å². The Morgan fingerprint density at radius 1 is 1.31 bits per heavy atom. The lowest BCUT2D eigenvalue weighted by atomic mass is 9.98. The minimum absolute atomic E-state index is 0.270. The van der Waals surface area contributed by atoms with Gasteiger partial charge in [-0.05, 0) is 70.4 Å². The number of hydrogen-bond acceptors (Lipinski definition) is 4. The molecule has 2 heterocycles. The number of hydrogen-bond donors (Lipinski definition) is 1. The number of rotatable bonds is 6. The van der Waals surface area contributed by atoms with Crippen molar-refractivity contribution >= 4 is 5.91 Å². The van der Waals surface area contributed by atoms with Crippen LogP contribution in [0.25, 0.3) is 0 Å². The normalized spacial score (nSPS) is 21.8. The monoisotopic (exact) mass is 359 g/mol. The van der Waals surface area contributed by atoms with Crippen LogP contribution in [0.2, 0.25) is 0 Å². The molecule has 5 heteroatoms. The lowest BCUT2D eigenvalue weighted by Crippen LogP contribution is -2.49. The quantitative estimate of drug-likeness (QED) is 0.846. The van der Waals surface area contributed by atoms with Crippen LogP contribution in [0.3, 0.4) is 0 Å². The van der Waals surface area contributed by atoms with Crippen molar-refractivity contribution in [2.45, 2.75) is 38.6 Å². The van der Waals surface area contributed by atoms with Gasteiger partial charge in [-0.1, -0.05) is 12.1 Å². The molecule has 5 nitrogen and oxygen atoms in total. The molecular formula is C21H33N3O2. The summed E-state index contributed by atoms with van der Waals surface area (Å²) >= 11 is 0. The average Bonchev–Trinajstić information content (AvgIpc) is 2.67. The van der Waals surface area contributed by atoms with Crippen molar-refractivity contribution in [3.8, 4) is 5.75 Å². The molecule has 0 spiro atoms. The van der Waals surface area contributed by atoms with E-state index in [1.165, 1.54) is 5.56 Å². The first kappa shape index (κ1) is 19.2. The van der Waals surface area contributed by atoms with Crippen LogP contribution in [-0.4, -0.2) is 68.1 Å². The third kappa shape index (κ3) is 5.45. The maximum absolute atomic E-state index is 12.7. The molecule has 3 rings (SSSR count). The van der Waals surface area contributed by atoms with Crippen LogP contribution in [-0.2, 0) is 4.79 Å².